The van der Waals surface area contributed by atoms with E-state index in [2.05, 4.69) is 4.98 Å². The molecule has 0 aliphatic carbocycles. The predicted molar refractivity (Wildman–Crippen MR) is 117 cm³/mol. The number of rotatable bonds is 3. The Morgan fingerprint density at radius 1 is 0.970 bits per heavy atom. The lowest BCUT2D eigenvalue weighted by molar-refractivity contribution is -0.139. The van der Waals surface area contributed by atoms with E-state index in [1.54, 1.807) is 13.0 Å². The molecule has 0 bridgehead atoms. The Bertz CT molecular complexity index is 1330. The van der Waals surface area contributed by atoms with Gasteiger partial charge in [0.2, 0.25) is 10.0 Å². The van der Waals surface area contributed by atoms with Crippen molar-refractivity contribution in [3.63, 3.8) is 0 Å². The molecule has 1 saturated heterocycles. The predicted octanol–water partition coefficient (Wildman–Crippen LogP) is 4.02. The number of fused-ring (bicyclic) bond motifs is 1. The number of hydrogen-bond acceptors (Lipinski definition) is 4. The van der Waals surface area contributed by atoms with Crippen LogP contribution in [0.3, 0.4) is 0 Å². The summed E-state index contributed by atoms with van der Waals surface area (Å²) in [6.45, 7) is 3.62. The number of pyridine rings is 1. The fraction of sp³-hybridized carbons (Fsp3) is 0.304. The minimum Gasteiger partial charge on any atom is -0.336 e. The molecule has 3 aromatic rings. The monoisotopic (exact) mass is 477 g/mol. The molecule has 2 aromatic carbocycles. The van der Waals surface area contributed by atoms with Gasteiger partial charge in [-0.15, -0.1) is 0 Å². The van der Waals surface area contributed by atoms with Crippen LogP contribution in [-0.4, -0.2) is 54.7 Å². The maximum absolute atomic E-state index is 13.3. The standard InChI is InChI=1S/C23H22F3N3O3S/c1-15-7-8-20-17(13-15)14-18(16(2)27-20)22(30)28-9-11-29(12-10-28)33(31,32)21-6-4-3-5-19(21)23(24,25)26/h3-8,13-14H,9-12H2,1-2H3. The van der Waals surface area contributed by atoms with Crippen molar-refractivity contribution in [2.75, 3.05) is 26.2 Å². The lowest BCUT2D eigenvalue weighted by Crippen LogP contribution is -2.50. The average molecular weight is 478 g/mol. The average Bonchev–Trinajstić information content (AvgIpc) is 2.78. The summed E-state index contributed by atoms with van der Waals surface area (Å²) in [6, 6.07) is 11.7. The van der Waals surface area contributed by atoms with Crippen LogP contribution >= 0.6 is 0 Å². The maximum atomic E-state index is 13.3. The first-order chi connectivity index (χ1) is 15.5. The van der Waals surface area contributed by atoms with E-state index >= 15 is 0 Å². The van der Waals surface area contributed by atoms with E-state index in [0.29, 0.717) is 11.3 Å². The number of aryl methyl sites for hydroxylation is 2. The normalized spacial score (nSPS) is 15.7. The van der Waals surface area contributed by atoms with Crippen LogP contribution < -0.4 is 0 Å². The van der Waals surface area contributed by atoms with Gasteiger partial charge in [0.05, 0.1) is 27.2 Å². The van der Waals surface area contributed by atoms with Gasteiger partial charge < -0.3 is 4.90 Å². The number of carbonyl (C=O) groups excluding carboxylic acids is 1. The quantitative estimate of drug-likeness (QED) is 0.572. The van der Waals surface area contributed by atoms with Crippen molar-refractivity contribution in [1.82, 2.24) is 14.2 Å². The van der Waals surface area contributed by atoms with Crippen LogP contribution in [0, 0.1) is 13.8 Å². The van der Waals surface area contributed by atoms with Gasteiger partial charge in [-0.1, -0.05) is 23.8 Å². The number of alkyl halides is 3. The van der Waals surface area contributed by atoms with Gasteiger partial charge in [-0.2, -0.15) is 17.5 Å². The molecule has 6 nitrogen and oxygen atoms in total. The van der Waals surface area contributed by atoms with E-state index in [-0.39, 0.29) is 32.1 Å². The summed E-state index contributed by atoms with van der Waals surface area (Å²) >= 11 is 0. The molecule has 0 unspecified atom stereocenters. The summed E-state index contributed by atoms with van der Waals surface area (Å²) in [5, 5.41) is 0.828. The summed E-state index contributed by atoms with van der Waals surface area (Å²) in [5.74, 6) is -0.281. The molecule has 1 aliphatic heterocycles. The highest BCUT2D eigenvalue weighted by Crippen LogP contribution is 2.35. The molecule has 33 heavy (non-hydrogen) atoms. The minimum atomic E-state index is -4.79. The zero-order valence-electron chi connectivity index (χ0n) is 18.1. The molecule has 0 spiro atoms. The highest BCUT2D eigenvalue weighted by Gasteiger charge is 2.39. The number of hydrogen-bond donors (Lipinski definition) is 0. The fourth-order valence-corrected chi connectivity index (χ4v) is 5.61. The Balaban J connectivity index is 1.54. The van der Waals surface area contributed by atoms with Crippen LogP contribution in [0.25, 0.3) is 10.9 Å². The largest absolute Gasteiger partial charge is 0.417 e. The van der Waals surface area contributed by atoms with Crippen molar-refractivity contribution >= 4 is 26.8 Å². The molecule has 0 N–H and O–H groups in total. The molecule has 1 aromatic heterocycles. The van der Waals surface area contributed by atoms with E-state index in [0.717, 1.165) is 39.0 Å². The van der Waals surface area contributed by atoms with Gasteiger partial charge in [0, 0.05) is 31.6 Å². The Kier molecular flexibility index (Phi) is 5.92. The Hall–Kier alpha value is -2.98. The summed E-state index contributed by atoms with van der Waals surface area (Å²) < 4.78 is 66.9. The molecule has 4 rings (SSSR count). The second-order valence-corrected chi connectivity index (χ2v) is 9.91. The number of amides is 1. The number of benzene rings is 2. The molecule has 1 aliphatic rings. The van der Waals surface area contributed by atoms with Gasteiger partial charge in [-0.25, -0.2) is 8.42 Å². The topological polar surface area (TPSA) is 70.6 Å². The third-order valence-corrected chi connectivity index (χ3v) is 7.68. The molecule has 1 fully saturated rings. The first-order valence-corrected chi connectivity index (χ1v) is 11.8. The summed E-state index contributed by atoms with van der Waals surface area (Å²) in [5.41, 5.74) is 1.59. The van der Waals surface area contributed by atoms with Gasteiger partial charge in [-0.3, -0.25) is 9.78 Å². The van der Waals surface area contributed by atoms with Crippen LogP contribution in [0.1, 0.15) is 27.2 Å². The molecule has 1 amide bonds. The molecule has 174 valence electrons. The van der Waals surface area contributed by atoms with E-state index < -0.39 is 26.7 Å². The van der Waals surface area contributed by atoms with E-state index in [1.807, 2.05) is 25.1 Å². The van der Waals surface area contributed by atoms with E-state index in [4.69, 9.17) is 0 Å². The Morgan fingerprint density at radius 2 is 1.64 bits per heavy atom. The van der Waals surface area contributed by atoms with Gasteiger partial charge in [0.1, 0.15) is 0 Å². The third-order valence-electron chi connectivity index (χ3n) is 5.73. The van der Waals surface area contributed by atoms with Gasteiger partial charge in [-0.05, 0) is 44.2 Å². The molecular formula is C23H22F3N3O3S. The molecular weight excluding hydrogens is 455 g/mol. The van der Waals surface area contributed by atoms with Crippen molar-refractivity contribution < 1.29 is 26.4 Å². The lowest BCUT2D eigenvalue weighted by Gasteiger charge is -2.34. The number of nitrogens with zero attached hydrogens (tertiary/aromatic N) is 3. The van der Waals surface area contributed by atoms with Gasteiger partial charge >= 0.3 is 6.18 Å². The minimum absolute atomic E-state index is 0.0670. The second-order valence-electron chi connectivity index (χ2n) is 8.01. The van der Waals surface area contributed by atoms with Crippen molar-refractivity contribution in [3.8, 4) is 0 Å². The number of piperazine rings is 1. The summed E-state index contributed by atoms with van der Waals surface area (Å²) in [7, 11) is -4.37. The Labute approximate surface area is 189 Å². The fourth-order valence-electron chi connectivity index (χ4n) is 3.98. The Morgan fingerprint density at radius 3 is 2.30 bits per heavy atom. The van der Waals surface area contributed by atoms with Crippen LogP contribution in [0.15, 0.2) is 53.4 Å². The highest BCUT2D eigenvalue weighted by atomic mass is 32.2. The van der Waals surface area contributed by atoms with Crippen molar-refractivity contribution in [2.24, 2.45) is 0 Å². The highest BCUT2D eigenvalue weighted by molar-refractivity contribution is 7.89. The van der Waals surface area contributed by atoms with Crippen LogP contribution in [-0.2, 0) is 16.2 Å². The SMILES string of the molecule is Cc1ccc2nc(C)c(C(=O)N3CCN(S(=O)(=O)c4ccccc4C(F)(F)F)CC3)cc2c1. The van der Waals surface area contributed by atoms with E-state index in [1.165, 1.54) is 11.0 Å². The first-order valence-electron chi connectivity index (χ1n) is 10.3. The number of carbonyl (C=O) groups is 1. The van der Waals surface area contributed by atoms with Gasteiger partial charge in [0.25, 0.3) is 5.91 Å². The molecule has 0 radical (unpaired) electrons. The number of halogens is 3. The zero-order chi connectivity index (χ0) is 24.0. The smallest absolute Gasteiger partial charge is 0.336 e. The summed E-state index contributed by atoms with van der Waals surface area (Å²) in [6.07, 6.45) is -4.79. The van der Waals surface area contributed by atoms with E-state index in [9.17, 15) is 26.4 Å². The zero-order valence-corrected chi connectivity index (χ0v) is 18.9. The second kappa shape index (κ2) is 8.42. The van der Waals surface area contributed by atoms with Crippen molar-refractivity contribution in [1.29, 1.82) is 0 Å². The van der Waals surface area contributed by atoms with Crippen LogP contribution in [0.5, 0.6) is 0 Å². The maximum Gasteiger partial charge on any atom is 0.417 e. The summed E-state index contributed by atoms with van der Waals surface area (Å²) in [4.78, 5) is 18.4. The third kappa shape index (κ3) is 4.45. The van der Waals surface area contributed by atoms with Crippen LogP contribution in [0.4, 0.5) is 13.2 Å². The van der Waals surface area contributed by atoms with Crippen molar-refractivity contribution in [2.45, 2.75) is 24.9 Å². The molecule has 0 atom stereocenters. The number of sulfonamides is 1. The molecule has 2 heterocycles. The number of aromatic nitrogens is 1. The lowest BCUT2D eigenvalue weighted by atomic mass is 10.1. The molecule has 0 saturated carbocycles. The van der Waals surface area contributed by atoms with Gasteiger partial charge in [0.15, 0.2) is 0 Å². The van der Waals surface area contributed by atoms with Crippen LogP contribution in [0.2, 0.25) is 0 Å². The van der Waals surface area contributed by atoms with Crippen molar-refractivity contribution in [3.05, 3.63) is 70.9 Å². The molecule has 10 heteroatoms. The first kappa shape index (κ1) is 23.2.